The van der Waals surface area contributed by atoms with Gasteiger partial charge in [0.1, 0.15) is 5.69 Å². The van der Waals surface area contributed by atoms with Gasteiger partial charge in [-0.1, -0.05) is 38.4 Å². The minimum atomic E-state index is -1.07. The monoisotopic (exact) mass is 406 g/mol. The number of hydrogen-bond donors (Lipinski definition) is 2. The molecule has 0 aliphatic rings. The Balaban J connectivity index is 1.67. The molecular weight excluding hydrogens is 388 g/mol. The molecule has 0 aliphatic heterocycles. The van der Waals surface area contributed by atoms with Gasteiger partial charge in [-0.25, -0.2) is 9.78 Å². The van der Waals surface area contributed by atoms with Gasteiger partial charge in [-0.05, 0) is 41.3 Å². The number of aromatic carboxylic acids is 1. The smallest absolute Gasteiger partial charge is 0.337 e. The summed E-state index contributed by atoms with van der Waals surface area (Å²) in [6, 6.07) is 11.3. The SMILES string of the molecule is CC(C)(C)c1ccc2nc(-c3ccc(-c4ncc(C(=O)O)cc4Cl)cn3)[nH]c2c1. The zero-order chi connectivity index (χ0) is 20.8. The molecule has 0 radical (unpaired) electrons. The molecule has 0 aliphatic carbocycles. The van der Waals surface area contributed by atoms with Crippen LogP contribution >= 0.6 is 11.6 Å². The van der Waals surface area contributed by atoms with Crippen LogP contribution < -0.4 is 0 Å². The number of fused-ring (bicyclic) bond motifs is 1. The molecule has 2 N–H and O–H groups in total. The third-order valence-corrected chi connectivity index (χ3v) is 5.00. The Morgan fingerprint density at radius 1 is 1.07 bits per heavy atom. The number of nitrogens with one attached hydrogen (secondary N) is 1. The summed E-state index contributed by atoms with van der Waals surface area (Å²) in [5.74, 6) is -0.392. The van der Waals surface area contributed by atoms with E-state index in [1.807, 2.05) is 18.2 Å². The number of aromatic nitrogens is 4. The van der Waals surface area contributed by atoms with E-state index in [2.05, 4.69) is 52.8 Å². The van der Waals surface area contributed by atoms with Crippen molar-refractivity contribution in [3.8, 4) is 22.8 Å². The lowest BCUT2D eigenvalue weighted by Gasteiger charge is -2.18. The number of H-pyrrole nitrogens is 1. The number of halogens is 1. The van der Waals surface area contributed by atoms with Crippen LogP contribution in [0.3, 0.4) is 0 Å². The molecule has 7 heteroatoms. The molecule has 0 saturated heterocycles. The Hall–Kier alpha value is -3.25. The molecule has 0 unspecified atom stereocenters. The van der Waals surface area contributed by atoms with Crippen molar-refractivity contribution < 1.29 is 9.90 Å². The Morgan fingerprint density at radius 2 is 1.86 bits per heavy atom. The summed E-state index contributed by atoms with van der Waals surface area (Å²) in [5.41, 5.74) is 5.05. The van der Waals surface area contributed by atoms with Crippen LogP contribution in [0.5, 0.6) is 0 Å². The second-order valence-electron chi connectivity index (χ2n) is 7.86. The molecule has 4 rings (SSSR count). The Morgan fingerprint density at radius 3 is 2.48 bits per heavy atom. The predicted octanol–water partition coefficient (Wildman–Crippen LogP) is 5.34. The van der Waals surface area contributed by atoms with E-state index in [1.165, 1.54) is 17.8 Å². The number of carboxylic acid groups (broad SMARTS) is 1. The molecule has 0 spiro atoms. The van der Waals surface area contributed by atoms with Gasteiger partial charge in [0.15, 0.2) is 5.82 Å². The fourth-order valence-electron chi connectivity index (χ4n) is 3.04. The fraction of sp³-hybridized carbons (Fsp3) is 0.182. The fourth-order valence-corrected chi connectivity index (χ4v) is 3.31. The number of aromatic amines is 1. The number of imidazole rings is 1. The van der Waals surface area contributed by atoms with Crippen molar-refractivity contribution in [2.45, 2.75) is 26.2 Å². The van der Waals surface area contributed by atoms with E-state index < -0.39 is 5.97 Å². The molecule has 29 heavy (non-hydrogen) atoms. The van der Waals surface area contributed by atoms with Gasteiger partial charge in [0.2, 0.25) is 0 Å². The summed E-state index contributed by atoms with van der Waals surface area (Å²) in [6.07, 6.45) is 2.93. The highest BCUT2D eigenvalue weighted by molar-refractivity contribution is 6.33. The van der Waals surface area contributed by atoms with E-state index >= 15 is 0 Å². The topological polar surface area (TPSA) is 91.8 Å². The maximum absolute atomic E-state index is 11.0. The van der Waals surface area contributed by atoms with Gasteiger partial charge in [-0.2, -0.15) is 0 Å². The van der Waals surface area contributed by atoms with Crippen molar-refractivity contribution in [3.05, 3.63) is 64.9 Å². The molecule has 3 aromatic heterocycles. The maximum Gasteiger partial charge on any atom is 0.337 e. The molecule has 6 nitrogen and oxygen atoms in total. The lowest BCUT2D eigenvalue weighted by atomic mass is 9.87. The number of nitrogens with zero attached hydrogens (tertiary/aromatic N) is 3. The van der Waals surface area contributed by atoms with Crippen LogP contribution in [0.4, 0.5) is 0 Å². The van der Waals surface area contributed by atoms with Crippen LogP contribution in [-0.2, 0) is 5.41 Å². The summed E-state index contributed by atoms with van der Waals surface area (Å²) < 4.78 is 0. The number of pyridine rings is 2. The van der Waals surface area contributed by atoms with E-state index in [0.717, 1.165) is 11.0 Å². The molecule has 4 aromatic rings. The molecule has 146 valence electrons. The van der Waals surface area contributed by atoms with Crippen molar-refractivity contribution in [1.29, 1.82) is 0 Å². The van der Waals surface area contributed by atoms with E-state index in [9.17, 15) is 4.79 Å². The number of benzene rings is 1. The van der Waals surface area contributed by atoms with Gasteiger partial charge >= 0.3 is 5.97 Å². The molecule has 3 heterocycles. The van der Waals surface area contributed by atoms with Crippen molar-refractivity contribution in [3.63, 3.8) is 0 Å². The minimum absolute atomic E-state index is 0.0419. The number of carboxylic acids is 1. The molecule has 0 bridgehead atoms. The molecule has 0 amide bonds. The van der Waals surface area contributed by atoms with E-state index in [4.69, 9.17) is 16.7 Å². The van der Waals surface area contributed by atoms with Crippen LogP contribution in [-0.4, -0.2) is 31.0 Å². The maximum atomic E-state index is 11.0. The van der Waals surface area contributed by atoms with E-state index in [0.29, 0.717) is 22.8 Å². The third kappa shape index (κ3) is 3.71. The Bertz CT molecular complexity index is 1220. The number of hydrogen-bond acceptors (Lipinski definition) is 4. The molecule has 0 atom stereocenters. The van der Waals surface area contributed by atoms with E-state index in [1.54, 1.807) is 6.20 Å². The van der Waals surface area contributed by atoms with Crippen molar-refractivity contribution >= 4 is 28.6 Å². The largest absolute Gasteiger partial charge is 0.478 e. The summed E-state index contributed by atoms with van der Waals surface area (Å²) in [5, 5.41) is 9.30. The lowest BCUT2D eigenvalue weighted by Crippen LogP contribution is -2.10. The highest BCUT2D eigenvalue weighted by atomic mass is 35.5. The lowest BCUT2D eigenvalue weighted by molar-refractivity contribution is 0.0696. The first-order valence-corrected chi connectivity index (χ1v) is 9.46. The third-order valence-electron chi connectivity index (χ3n) is 4.72. The van der Waals surface area contributed by atoms with Gasteiger partial charge < -0.3 is 10.1 Å². The summed E-state index contributed by atoms with van der Waals surface area (Å²) in [6.45, 7) is 6.52. The van der Waals surface area contributed by atoms with Crippen LogP contribution in [0, 0.1) is 0 Å². The highest BCUT2D eigenvalue weighted by Gasteiger charge is 2.16. The number of rotatable bonds is 3. The van der Waals surface area contributed by atoms with Crippen molar-refractivity contribution in [2.24, 2.45) is 0 Å². The molecule has 0 fully saturated rings. The van der Waals surface area contributed by atoms with Gasteiger partial charge in [0.25, 0.3) is 0 Å². The first-order valence-electron chi connectivity index (χ1n) is 9.08. The second-order valence-corrected chi connectivity index (χ2v) is 8.27. The zero-order valence-electron chi connectivity index (χ0n) is 16.2. The average Bonchev–Trinajstić information content (AvgIpc) is 3.10. The highest BCUT2D eigenvalue weighted by Crippen LogP contribution is 2.29. The Kier molecular flexibility index (Phi) is 4.59. The summed E-state index contributed by atoms with van der Waals surface area (Å²) in [4.78, 5) is 27.6. The van der Waals surface area contributed by atoms with Crippen LogP contribution in [0.15, 0.2) is 48.8 Å². The van der Waals surface area contributed by atoms with Crippen molar-refractivity contribution in [2.75, 3.05) is 0 Å². The van der Waals surface area contributed by atoms with Crippen LogP contribution in [0.1, 0.15) is 36.7 Å². The van der Waals surface area contributed by atoms with Gasteiger partial charge in [-0.15, -0.1) is 0 Å². The molecule has 0 saturated carbocycles. The predicted molar refractivity (Wildman–Crippen MR) is 113 cm³/mol. The summed E-state index contributed by atoms with van der Waals surface area (Å²) in [7, 11) is 0. The zero-order valence-corrected chi connectivity index (χ0v) is 16.9. The van der Waals surface area contributed by atoms with E-state index in [-0.39, 0.29) is 16.0 Å². The quantitative estimate of drug-likeness (QED) is 0.479. The minimum Gasteiger partial charge on any atom is -0.478 e. The first kappa shape index (κ1) is 19.1. The Labute approximate surface area is 172 Å². The van der Waals surface area contributed by atoms with Gasteiger partial charge in [0.05, 0.1) is 27.3 Å². The normalized spacial score (nSPS) is 11.7. The van der Waals surface area contributed by atoms with Crippen LogP contribution in [0.25, 0.3) is 33.8 Å². The average molecular weight is 407 g/mol. The van der Waals surface area contributed by atoms with Crippen molar-refractivity contribution in [1.82, 2.24) is 19.9 Å². The van der Waals surface area contributed by atoms with Gasteiger partial charge in [-0.3, -0.25) is 9.97 Å². The van der Waals surface area contributed by atoms with Gasteiger partial charge in [0, 0.05) is 18.0 Å². The second kappa shape index (κ2) is 6.97. The molecule has 1 aromatic carbocycles. The van der Waals surface area contributed by atoms with Crippen LogP contribution in [0.2, 0.25) is 5.02 Å². The number of carbonyl (C=O) groups is 1. The first-order chi connectivity index (χ1) is 13.7. The summed E-state index contributed by atoms with van der Waals surface area (Å²) >= 11 is 6.20. The standard InChI is InChI=1S/C22H19ClN4O2/c1-22(2,3)14-5-7-16-18(9-14)27-20(26-16)17-6-4-12(10-24-17)19-15(23)8-13(11-25-19)21(28)29/h4-11H,1-3H3,(H,26,27)(H,28,29). The molecular formula is C22H19ClN4O2.